The van der Waals surface area contributed by atoms with Crippen molar-refractivity contribution in [2.45, 2.75) is 23.2 Å². The molecule has 2 aromatic carbocycles. The highest BCUT2D eigenvalue weighted by Crippen LogP contribution is 2.29. The fourth-order valence-corrected chi connectivity index (χ4v) is 2.93. The van der Waals surface area contributed by atoms with E-state index in [-0.39, 0.29) is 17.8 Å². The third kappa shape index (κ3) is 3.53. The molecule has 25 heavy (non-hydrogen) atoms. The van der Waals surface area contributed by atoms with E-state index in [1.54, 1.807) is 24.3 Å². The zero-order chi connectivity index (χ0) is 18.2. The molecule has 3 rings (SSSR count). The summed E-state index contributed by atoms with van der Waals surface area (Å²) >= 11 is 17.6. The van der Waals surface area contributed by atoms with E-state index in [4.69, 9.17) is 34.8 Å². The molecule has 0 aliphatic heterocycles. The fraction of sp³-hybridized carbons (Fsp3) is 0.222. The Bertz CT molecular complexity index is 983. The van der Waals surface area contributed by atoms with Crippen molar-refractivity contribution in [1.82, 2.24) is 9.55 Å². The second-order valence-corrected chi connectivity index (χ2v) is 7.52. The minimum absolute atomic E-state index is 0.194. The SMILES string of the molecule is Cc1ccccc1-n1c(CC(O)(Cl)C(Cl)Cl)nc2ccccc2c1=O. The Kier molecular flexibility index (Phi) is 5.07. The molecule has 1 unspecified atom stereocenters. The molecule has 0 amide bonds. The lowest BCUT2D eigenvalue weighted by atomic mass is 10.1. The number of aliphatic hydroxyl groups is 1. The average Bonchev–Trinajstić information content (AvgIpc) is 2.56. The topological polar surface area (TPSA) is 55.1 Å². The number of para-hydroxylation sites is 2. The van der Waals surface area contributed by atoms with Crippen molar-refractivity contribution in [1.29, 1.82) is 0 Å². The lowest BCUT2D eigenvalue weighted by Gasteiger charge is -2.24. The van der Waals surface area contributed by atoms with Crippen molar-refractivity contribution < 1.29 is 5.11 Å². The number of hydrogen-bond acceptors (Lipinski definition) is 3. The Balaban J connectivity index is 2.33. The van der Waals surface area contributed by atoms with Gasteiger partial charge >= 0.3 is 0 Å². The van der Waals surface area contributed by atoms with Crippen LogP contribution < -0.4 is 5.56 Å². The molecular formula is C18H15Cl3N2O2. The number of benzene rings is 2. The first-order valence-corrected chi connectivity index (χ1v) is 8.82. The second kappa shape index (κ2) is 6.96. The van der Waals surface area contributed by atoms with Crippen LogP contribution in [0.5, 0.6) is 0 Å². The van der Waals surface area contributed by atoms with E-state index < -0.39 is 9.90 Å². The van der Waals surface area contributed by atoms with E-state index in [0.717, 1.165) is 5.56 Å². The Labute approximate surface area is 159 Å². The Morgan fingerprint density at radius 2 is 1.80 bits per heavy atom. The normalized spacial score (nSPS) is 14.0. The van der Waals surface area contributed by atoms with Crippen molar-refractivity contribution in [3.8, 4) is 5.69 Å². The minimum atomic E-state index is -1.95. The molecule has 4 nitrogen and oxygen atoms in total. The largest absolute Gasteiger partial charge is 0.372 e. The second-order valence-electron chi connectivity index (χ2n) is 5.77. The van der Waals surface area contributed by atoms with Crippen LogP contribution >= 0.6 is 34.8 Å². The van der Waals surface area contributed by atoms with E-state index in [2.05, 4.69) is 4.98 Å². The highest BCUT2D eigenvalue weighted by molar-refractivity contribution is 6.49. The van der Waals surface area contributed by atoms with Gasteiger partial charge in [-0.15, -0.1) is 23.2 Å². The molecule has 0 spiro atoms. The summed E-state index contributed by atoms with van der Waals surface area (Å²) in [5.74, 6) is 0.279. The maximum absolute atomic E-state index is 13.1. The lowest BCUT2D eigenvalue weighted by molar-refractivity contribution is 0.140. The zero-order valence-corrected chi connectivity index (χ0v) is 15.6. The molecule has 0 saturated heterocycles. The lowest BCUT2D eigenvalue weighted by Crippen LogP contribution is -2.35. The summed E-state index contributed by atoms with van der Waals surface area (Å²) in [5.41, 5.74) is 1.81. The van der Waals surface area contributed by atoms with Gasteiger partial charge < -0.3 is 5.11 Å². The highest BCUT2D eigenvalue weighted by Gasteiger charge is 2.34. The smallest absolute Gasteiger partial charge is 0.265 e. The van der Waals surface area contributed by atoms with E-state index in [9.17, 15) is 9.90 Å². The summed E-state index contributed by atoms with van der Waals surface area (Å²) in [5, 5.41) is 8.82. The zero-order valence-electron chi connectivity index (χ0n) is 13.3. The molecule has 0 fully saturated rings. The molecule has 1 N–H and O–H groups in total. The first-order valence-electron chi connectivity index (χ1n) is 7.57. The number of hydrogen-bond donors (Lipinski definition) is 1. The molecule has 0 aliphatic rings. The van der Waals surface area contributed by atoms with E-state index in [0.29, 0.717) is 16.6 Å². The van der Waals surface area contributed by atoms with Gasteiger partial charge in [-0.3, -0.25) is 9.36 Å². The van der Waals surface area contributed by atoms with Gasteiger partial charge in [-0.1, -0.05) is 41.9 Å². The number of nitrogens with zero attached hydrogens (tertiary/aromatic N) is 2. The maximum atomic E-state index is 13.1. The number of alkyl halides is 3. The minimum Gasteiger partial charge on any atom is -0.372 e. The third-order valence-corrected chi connectivity index (χ3v) is 5.24. The Morgan fingerprint density at radius 3 is 2.48 bits per heavy atom. The molecule has 0 bridgehead atoms. The van der Waals surface area contributed by atoms with Crippen LogP contribution in [-0.4, -0.2) is 24.6 Å². The van der Waals surface area contributed by atoms with Gasteiger partial charge in [-0.25, -0.2) is 4.98 Å². The van der Waals surface area contributed by atoms with Gasteiger partial charge in [0.1, 0.15) is 5.82 Å². The Hall–Kier alpha value is -1.59. The van der Waals surface area contributed by atoms with Gasteiger partial charge in [0.2, 0.25) is 0 Å². The number of halogens is 3. The molecule has 1 aromatic heterocycles. The fourth-order valence-electron chi connectivity index (χ4n) is 2.66. The van der Waals surface area contributed by atoms with Gasteiger partial charge in [-0.05, 0) is 30.7 Å². The molecule has 1 heterocycles. The average molecular weight is 398 g/mol. The molecule has 3 aromatic rings. The Morgan fingerprint density at radius 1 is 1.16 bits per heavy atom. The van der Waals surface area contributed by atoms with Gasteiger partial charge in [0.15, 0.2) is 9.90 Å². The van der Waals surface area contributed by atoms with Crippen molar-refractivity contribution >= 4 is 45.7 Å². The van der Waals surface area contributed by atoms with Crippen LogP contribution in [0.2, 0.25) is 0 Å². The molecule has 0 aliphatic carbocycles. The predicted molar refractivity (Wildman–Crippen MR) is 102 cm³/mol. The summed E-state index contributed by atoms with van der Waals surface area (Å²) in [6.07, 6.45) is -0.194. The first kappa shape index (κ1) is 18.2. The van der Waals surface area contributed by atoms with E-state index in [1.807, 2.05) is 31.2 Å². The van der Waals surface area contributed by atoms with Crippen molar-refractivity contribution in [3.63, 3.8) is 0 Å². The van der Waals surface area contributed by atoms with Crippen LogP contribution in [0, 0.1) is 6.92 Å². The summed E-state index contributed by atoms with van der Waals surface area (Å²) < 4.78 is 1.45. The van der Waals surface area contributed by atoms with Crippen molar-refractivity contribution in [2.75, 3.05) is 0 Å². The van der Waals surface area contributed by atoms with Crippen LogP contribution in [0.4, 0.5) is 0 Å². The molecular weight excluding hydrogens is 383 g/mol. The van der Waals surface area contributed by atoms with Crippen LogP contribution in [0.25, 0.3) is 16.6 Å². The van der Waals surface area contributed by atoms with Crippen LogP contribution in [0.1, 0.15) is 11.4 Å². The predicted octanol–water partition coefficient (Wildman–Crippen LogP) is 3.97. The van der Waals surface area contributed by atoms with Gasteiger partial charge in [0.25, 0.3) is 5.56 Å². The van der Waals surface area contributed by atoms with Gasteiger partial charge in [0.05, 0.1) is 23.0 Å². The summed E-state index contributed by atoms with van der Waals surface area (Å²) in [6.45, 7) is 1.89. The number of aromatic nitrogens is 2. The number of aryl methyl sites for hydroxylation is 1. The van der Waals surface area contributed by atoms with Crippen molar-refractivity contribution in [3.05, 3.63) is 70.3 Å². The summed E-state index contributed by atoms with van der Waals surface area (Å²) in [7, 11) is 0. The van der Waals surface area contributed by atoms with E-state index in [1.165, 1.54) is 4.57 Å². The van der Waals surface area contributed by atoms with Gasteiger partial charge in [0, 0.05) is 0 Å². The first-order chi connectivity index (χ1) is 11.8. The van der Waals surface area contributed by atoms with Crippen molar-refractivity contribution in [2.24, 2.45) is 0 Å². The van der Waals surface area contributed by atoms with Crippen LogP contribution in [-0.2, 0) is 6.42 Å². The monoisotopic (exact) mass is 396 g/mol. The molecule has 130 valence electrons. The molecule has 7 heteroatoms. The standard InChI is InChI=1S/C18H15Cl3N2O2/c1-11-6-2-5-9-14(11)23-15(10-18(21,25)17(19)20)22-13-8-4-3-7-12(13)16(23)24/h2-9,17,25H,10H2,1H3. The maximum Gasteiger partial charge on any atom is 0.265 e. The molecule has 1 atom stereocenters. The summed E-state index contributed by atoms with van der Waals surface area (Å²) in [4.78, 5) is 16.4. The third-order valence-electron chi connectivity index (χ3n) is 3.94. The molecule has 0 radical (unpaired) electrons. The van der Waals surface area contributed by atoms with Crippen LogP contribution in [0.15, 0.2) is 53.3 Å². The van der Waals surface area contributed by atoms with Crippen LogP contribution in [0.3, 0.4) is 0 Å². The number of fused-ring (bicyclic) bond motifs is 1. The van der Waals surface area contributed by atoms with Gasteiger partial charge in [-0.2, -0.15) is 0 Å². The number of rotatable bonds is 4. The molecule has 0 saturated carbocycles. The highest BCUT2D eigenvalue weighted by atomic mass is 35.5. The summed E-state index contributed by atoms with van der Waals surface area (Å²) in [6, 6.07) is 14.4. The van der Waals surface area contributed by atoms with E-state index >= 15 is 0 Å². The quantitative estimate of drug-likeness (QED) is 0.678.